The molecule has 0 atom stereocenters. The zero-order chi connectivity index (χ0) is 14.7. The standard InChI is InChI=1S/C14H20N4OS2/c1-9-12(10(2)19-18-9)8-20-14-17-16-13(21-14)15-11-6-4-3-5-7-11/h11H,3-8H2,1-2H3,(H,15,16). The first-order valence-electron chi connectivity index (χ1n) is 7.37. The molecule has 0 bridgehead atoms. The molecule has 1 fully saturated rings. The molecule has 5 nitrogen and oxygen atoms in total. The van der Waals surface area contributed by atoms with Gasteiger partial charge in [0.2, 0.25) is 5.13 Å². The number of anilines is 1. The van der Waals surface area contributed by atoms with Crippen molar-refractivity contribution in [1.29, 1.82) is 0 Å². The van der Waals surface area contributed by atoms with Gasteiger partial charge < -0.3 is 9.84 Å². The van der Waals surface area contributed by atoms with Crippen molar-refractivity contribution in [1.82, 2.24) is 15.4 Å². The predicted molar refractivity (Wildman–Crippen MR) is 85.9 cm³/mol. The fraction of sp³-hybridized carbons (Fsp3) is 0.643. The van der Waals surface area contributed by atoms with E-state index in [0.717, 1.165) is 32.2 Å². The number of nitrogens with one attached hydrogen (secondary N) is 1. The maximum Gasteiger partial charge on any atom is 0.206 e. The average Bonchev–Trinajstić information content (AvgIpc) is 3.06. The van der Waals surface area contributed by atoms with E-state index in [1.54, 1.807) is 23.1 Å². The molecule has 2 aromatic rings. The minimum Gasteiger partial charge on any atom is -0.361 e. The second kappa shape index (κ2) is 6.79. The van der Waals surface area contributed by atoms with Crippen LogP contribution >= 0.6 is 23.1 Å². The molecule has 0 radical (unpaired) electrons. The number of thioether (sulfide) groups is 1. The summed E-state index contributed by atoms with van der Waals surface area (Å²) in [6.45, 7) is 3.93. The maximum atomic E-state index is 5.18. The van der Waals surface area contributed by atoms with Gasteiger partial charge in [-0.3, -0.25) is 0 Å². The topological polar surface area (TPSA) is 63.8 Å². The Bertz CT molecular complexity index is 570. The monoisotopic (exact) mass is 324 g/mol. The Hall–Kier alpha value is -1.08. The first-order valence-corrected chi connectivity index (χ1v) is 9.17. The van der Waals surface area contributed by atoms with E-state index in [9.17, 15) is 0 Å². The van der Waals surface area contributed by atoms with Gasteiger partial charge in [0, 0.05) is 17.4 Å². The molecule has 0 saturated heterocycles. The molecule has 0 spiro atoms. The van der Waals surface area contributed by atoms with Crippen molar-refractivity contribution in [2.24, 2.45) is 0 Å². The number of aryl methyl sites for hydroxylation is 2. The quantitative estimate of drug-likeness (QED) is 0.832. The largest absolute Gasteiger partial charge is 0.361 e. The van der Waals surface area contributed by atoms with Gasteiger partial charge in [0.15, 0.2) is 4.34 Å². The highest BCUT2D eigenvalue weighted by Crippen LogP contribution is 2.31. The second-order valence-corrected chi connectivity index (χ2v) is 7.64. The highest BCUT2D eigenvalue weighted by atomic mass is 32.2. The summed E-state index contributed by atoms with van der Waals surface area (Å²) in [5.41, 5.74) is 2.13. The van der Waals surface area contributed by atoms with Crippen LogP contribution in [0.4, 0.5) is 5.13 Å². The average molecular weight is 324 g/mol. The third kappa shape index (κ3) is 3.77. The van der Waals surface area contributed by atoms with E-state index in [2.05, 4.69) is 20.7 Å². The first-order chi connectivity index (χ1) is 10.2. The van der Waals surface area contributed by atoms with E-state index in [-0.39, 0.29) is 0 Å². The van der Waals surface area contributed by atoms with Gasteiger partial charge >= 0.3 is 0 Å². The van der Waals surface area contributed by atoms with E-state index >= 15 is 0 Å². The molecule has 1 aliphatic rings. The van der Waals surface area contributed by atoms with Crippen LogP contribution in [0.25, 0.3) is 0 Å². The van der Waals surface area contributed by atoms with Crippen molar-refractivity contribution in [2.75, 3.05) is 5.32 Å². The van der Waals surface area contributed by atoms with Crippen molar-refractivity contribution in [3.05, 3.63) is 17.0 Å². The molecule has 2 heterocycles. The van der Waals surface area contributed by atoms with E-state index in [4.69, 9.17) is 4.52 Å². The molecule has 0 aliphatic heterocycles. The molecule has 0 aromatic carbocycles. The maximum absolute atomic E-state index is 5.18. The SMILES string of the molecule is Cc1noc(C)c1CSc1nnc(NC2CCCCC2)s1. The van der Waals surface area contributed by atoms with Crippen molar-refractivity contribution < 1.29 is 4.52 Å². The van der Waals surface area contributed by atoms with E-state index in [1.165, 1.54) is 32.1 Å². The Morgan fingerprint density at radius 2 is 2.05 bits per heavy atom. The van der Waals surface area contributed by atoms with Gasteiger partial charge in [0.05, 0.1) is 5.69 Å². The van der Waals surface area contributed by atoms with Gasteiger partial charge in [-0.15, -0.1) is 10.2 Å². The van der Waals surface area contributed by atoms with Crippen molar-refractivity contribution in [2.45, 2.75) is 62.1 Å². The Labute approximate surface area is 132 Å². The minimum absolute atomic E-state index is 0.576. The Morgan fingerprint density at radius 1 is 1.24 bits per heavy atom. The van der Waals surface area contributed by atoms with Gasteiger partial charge in [-0.1, -0.05) is 47.5 Å². The molecule has 3 rings (SSSR count). The summed E-state index contributed by atoms with van der Waals surface area (Å²) in [4.78, 5) is 0. The Balaban J connectivity index is 1.55. The lowest BCUT2D eigenvalue weighted by Gasteiger charge is -2.21. The summed E-state index contributed by atoms with van der Waals surface area (Å²) in [7, 11) is 0. The molecule has 1 saturated carbocycles. The number of nitrogens with zero attached hydrogens (tertiary/aromatic N) is 3. The zero-order valence-corrected chi connectivity index (χ0v) is 14.0. The molecular weight excluding hydrogens is 304 g/mol. The molecule has 2 aromatic heterocycles. The first kappa shape index (κ1) is 14.8. The third-order valence-corrected chi connectivity index (χ3v) is 5.87. The normalized spacial score (nSPS) is 16.3. The van der Waals surface area contributed by atoms with Gasteiger partial charge in [-0.05, 0) is 26.7 Å². The fourth-order valence-corrected chi connectivity index (χ4v) is 4.57. The third-order valence-electron chi connectivity index (χ3n) is 3.86. The smallest absolute Gasteiger partial charge is 0.206 e. The predicted octanol–water partition coefficient (Wildman–Crippen LogP) is 4.18. The van der Waals surface area contributed by atoms with Crippen LogP contribution in [0.5, 0.6) is 0 Å². The van der Waals surface area contributed by atoms with E-state index < -0.39 is 0 Å². The molecule has 1 aliphatic carbocycles. The summed E-state index contributed by atoms with van der Waals surface area (Å²) in [5.74, 6) is 1.73. The summed E-state index contributed by atoms with van der Waals surface area (Å²) in [6.07, 6.45) is 6.52. The van der Waals surface area contributed by atoms with Crippen LogP contribution in [0, 0.1) is 13.8 Å². The van der Waals surface area contributed by atoms with Crippen LogP contribution in [0.2, 0.25) is 0 Å². The molecule has 7 heteroatoms. The van der Waals surface area contributed by atoms with Gasteiger partial charge in [0.25, 0.3) is 0 Å². The number of aromatic nitrogens is 3. The Morgan fingerprint density at radius 3 is 2.76 bits per heavy atom. The highest BCUT2D eigenvalue weighted by Gasteiger charge is 2.16. The van der Waals surface area contributed by atoms with E-state index in [1.807, 2.05) is 13.8 Å². The molecule has 114 valence electrons. The summed E-state index contributed by atoms with van der Waals surface area (Å²) >= 11 is 3.33. The summed E-state index contributed by atoms with van der Waals surface area (Å²) in [6, 6.07) is 0.576. The highest BCUT2D eigenvalue weighted by molar-refractivity contribution is 8.00. The number of hydrogen-bond acceptors (Lipinski definition) is 7. The van der Waals surface area contributed by atoms with Crippen molar-refractivity contribution in [3.63, 3.8) is 0 Å². The lowest BCUT2D eigenvalue weighted by Crippen LogP contribution is -2.21. The van der Waals surface area contributed by atoms with Gasteiger partial charge in [0.1, 0.15) is 5.76 Å². The lowest BCUT2D eigenvalue weighted by atomic mass is 9.96. The molecule has 0 unspecified atom stereocenters. The molecular formula is C14H20N4OS2. The molecule has 21 heavy (non-hydrogen) atoms. The zero-order valence-electron chi connectivity index (χ0n) is 12.4. The number of rotatable bonds is 5. The van der Waals surface area contributed by atoms with Gasteiger partial charge in [-0.25, -0.2) is 0 Å². The minimum atomic E-state index is 0.576. The van der Waals surface area contributed by atoms with Crippen LogP contribution in [-0.2, 0) is 5.75 Å². The summed E-state index contributed by atoms with van der Waals surface area (Å²) < 4.78 is 6.17. The van der Waals surface area contributed by atoms with Gasteiger partial charge in [-0.2, -0.15) is 0 Å². The Kier molecular flexibility index (Phi) is 4.80. The second-order valence-electron chi connectivity index (χ2n) is 5.44. The fourth-order valence-electron chi connectivity index (χ4n) is 2.59. The lowest BCUT2D eigenvalue weighted by molar-refractivity contribution is 0.392. The number of hydrogen-bond donors (Lipinski definition) is 1. The van der Waals surface area contributed by atoms with Crippen LogP contribution in [0.1, 0.15) is 49.1 Å². The van der Waals surface area contributed by atoms with Crippen LogP contribution < -0.4 is 5.32 Å². The van der Waals surface area contributed by atoms with Crippen molar-refractivity contribution >= 4 is 28.2 Å². The summed E-state index contributed by atoms with van der Waals surface area (Å²) in [5, 5.41) is 17.0. The van der Waals surface area contributed by atoms with Crippen molar-refractivity contribution in [3.8, 4) is 0 Å². The van der Waals surface area contributed by atoms with E-state index in [0.29, 0.717) is 6.04 Å². The molecule has 0 amide bonds. The van der Waals surface area contributed by atoms with Crippen LogP contribution in [-0.4, -0.2) is 21.4 Å². The molecule has 1 N–H and O–H groups in total. The van der Waals surface area contributed by atoms with Crippen LogP contribution in [0.15, 0.2) is 8.86 Å². The van der Waals surface area contributed by atoms with Crippen LogP contribution in [0.3, 0.4) is 0 Å².